The molecule has 3 heterocycles. The Morgan fingerprint density at radius 3 is 2.06 bits per heavy atom. The van der Waals surface area contributed by atoms with E-state index in [-0.39, 0.29) is 21.1 Å². The Morgan fingerprint density at radius 2 is 1.26 bits per heavy atom. The molecule has 5 nitrogen and oxygen atoms in total. The molecule has 7 heteroatoms. The molecule has 0 saturated heterocycles. The normalized spacial score (nSPS) is 12.7. The summed E-state index contributed by atoms with van der Waals surface area (Å²) in [6.45, 7) is 4.76. The van der Waals surface area contributed by atoms with E-state index in [2.05, 4.69) is 157 Å². The number of aromatic nitrogens is 2. The number of nitrogens with zero attached hydrogens (tertiary/aromatic N) is 4. The van der Waals surface area contributed by atoms with Crippen LogP contribution in [0.4, 0.5) is 22.7 Å². The molecule has 0 saturated carbocycles. The molecule has 246 valence electrons. The van der Waals surface area contributed by atoms with Gasteiger partial charge >= 0.3 is 0 Å². The van der Waals surface area contributed by atoms with E-state index in [1.165, 1.54) is 26.7 Å². The number of benzene rings is 6. The molecule has 1 N–H and O–H groups in total. The molecule has 1 aliphatic heterocycles. The molecular formula is C43H33N4OPtSi-. The van der Waals surface area contributed by atoms with Crippen molar-refractivity contribution in [1.82, 2.24) is 9.55 Å². The SMILES string of the molecule is C[Si](C)(c1[c-]c(N2[OH+]N(c3ccccc3)c3ccccc32)ccc1)c1[c-]c2c(cc1)c1ccccc1n2-c1cc(-c2ccccc2)ccn1.[Pt]. The van der Waals surface area contributed by atoms with Crippen molar-refractivity contribution in [2.45, 2.75) is 13.1 Å². The molecule has 1 aliphatic rings. The quantitative estimate of drug-likeness (QED) is 0.0952. The van der Waals surface area contributed by atoms with Crippen LogP contribution in [0.1, 0.15) is 0 Å². The first-order valence-electron chi connectivity index (χ1n) is 16.5. The van der Waals surface area contributed by atoms with E-state index in [1.807, 2.05) is 40.6 Å². The topological polar surface area (TPSA) is 37.1 Å². The van der Waals surface area contributed by atoms with Crippen LogP contribution in [-0.4, -0.2) is 22.6 Å². The van der Waals surface area contributed by atoms with Gasteiger partial charge in [-0.25, -0.2) is 4.98 Å². The number of anilines is 4. The van der Waals surface area contributed by atoms with Crippen molar-refractivity contribution in [3.63, 3.8) is 0 Å². The first-order valence-corrected chi connectivity index (χ1v) is 19.5. The van der Waals surface area contributed by atoms with E-state index in [9.17, 15) is 0 Å². The minimum atomic E-state index is -2.29. The second-order valence-corrected chi connectivity index (χ2v) is 17.2. The van der Waals surface area contributed by atoms with Gasteiger partial charge in [0.25, 0.3) is 0 Å². The number of hydrogen-bond acceptors (Lipinski definition) is 3. The Bertz CT molecular complexity index is 2480. The van der Waals surface area contributed by atoms with Crippen LogP contribution in [0, 0.1) is 12.1 Å². The number of rotatable bonds is 6. The summed E-state index contributed by atoms with van der Waals surface area (Å²) >= 11 is 0. The van der Waals surface area contributed by atoms with Gasteiger partial charge in [0.15, 0.2) is 0 Å². The van der Waals surface area contributed by atoms with Gasteiger partial charge in [0.1, 0.15) is 22.9 Å². The molecule has 0 aliphatic carbocycles. The minimum Gasteiger partial charge on any atom is -0.319 e. The van der Waals surface area contributed by atoms with Crippen LogP contribution in [0.3, 0.4) is 0 Å². The Kier molecular flexibility index (Phi) is 8.24. The molecule has 6 aromatic carbocycles. The second-order valence-electron chi connectivity index (χ2n) is 12.9. The molecule has 9 rings (SSSR count). The zero-order chi connectivity index (χ0) is 33.0. The van der Waals surface area contributed by atoms with Gasteiger partial charge in [0, 0.05) is 38.5 Å². The van der Waals surface area contributed by atoms with Crippen molar-refractivity contribution < 1.29 is 26.0 Å². The van der Waals surface area contributed by atoms with Gasteiger partial charge in [-0.15, -0.1) is 16.5 Å². The summed E-state index contributed by atoms with van der Waals surface area (Å²) in [6, 6.07) is 60.6. The van der Waals surface area contributed by atoms with Crippen LogP contribution < -0.4 is 20.5 Å². The van der Waals surface area contributed by atoms with Crippen molar-refractivity contribution in [3.8, 4) is 16.9 Å². The zero-order valence-corrected chi connectivity index (χ0v) is 30.8. The third-order valence-corrected chi connectivity index (χ3v) is 12.8. The molecule has 0 bridgehead atoms. The second kappa shape index (κ2) is 12.9. The molecule has 50 heavy (non-hydrogen) atoms. The van der Waals surface area contributed by atoms with Gasteiger partial charge in [0.2, 0.25) is 0 Å². The van der Waals surface area contributed by atoms with Crippen molar-refractivity contribution in [2.24, 2.45) is 0 Å². The van der Waals surface area contributed by atoms with Crippen LogP contribution in [0.5, 0.6) is 0 Å². The van der Waals surface area contributed by atoms with Gasteiger partial charge in [-0.2, -0.15) is 51.7 Å². The predicted molar refractivity (Wildman–Crippen MR) is 204 cm³/mol. The Balaban J connectivity index is 0.00000361. The summed E-state index contributed by atoms with van der Waals surface area (Å²) in [6.07, 6.45) is 1.90. The Morgan fingerprint density at radius 1 is 0.580 bits per heavy atom. The number of para-hydroxylation sites is 4. The third kappa shape index (κ3) is 5.37. The largest absolute Gasteiger partial charge is 0.319 e. The maximum Gasteiger partial charge on any atom is 0.148 e. The number of fused-ring (bicyclic) bond motifs is 4. The van der Waals surface area contributed by atoms with Crippen LogP contribution in [0.15, 0.2) is 158 Å². The van der Waals surface area contributed by atoms with E-state index in [0.29, 0.717) is 0 Å². The van der Waals surface area contributed by atoms with Crippen LogP contribution in [0.2, 0.25) is 13.1 Å². The molecule has 0 atom stereocenters. The van der Waals surface area contributed by atoms with Gasteiger partial charge < -0.3 is 4.57 Å². The summed E-state index contributed by atoms with van der Waals surface area (Å²) in [5.41, 5.74) is 8.46. The van der Waals surface area contributed by atoms with Crippen LogP contribution in [-0.2, 0) is 21.1 Å². The molecule has 8 aromatic rings. The third-order valence-electron chi connectivity index (χ3n) is 9.54. The average Bonchev–Trinajstić information content (AvgIpc) is 3.72. The molecule has 2 aromatic heterocycles. The van der Waals surface area contributed by atoms with Crippen molar-refractivity contribution >= 4 is 63.0 Å². The molecule has 0 fully saturated rings. The van der Waals surface area contributed by atoms with Crippen LogP contribution in [0.25, 0.3) is 38.8 Å². The summed E-state index contributed by atoms with van der Waals surface area (Å²) in [5.74, 6) is 0.881. The summed E-state index contributed by atoms with van der Waals surface area (Å²) < 4.78 is 2.27. The van der Waals surface area contributed by atoms with E-state index in [1.54, 1.807) is 0 Å². The van der Waals surface area contributed by atoms with Crippen molar-refractivity contribution in [1.29, 1.82) is 0 Å². The van der Waals surface area contributed by atoms with E-state index in [0.717, 1.165) is 45.2 Å². The average molecular weight is 845 g/mol. The van der Waals surface area contributed by atoms with E-state index in [4.69, 9.17) is 9.92 Å². The molecule has 0 radical (unpaired) electrons. The summed E-state index contributed by atoms with van der Waals surface area (Å²) in [4.78, 5) is 9.95. The molecule has 0 amide bonds. The van der Waals surface area contributed by atoms with Crippen molar-refractivity contribution in [3.05, 3.63) is 170 Å². The summed E-state index contributed by atoms with van der Waals surface area (Å²) in [7, 11) is -2.29. The Labute approximate surface area is 307 Å². The smallest absolute Gasteiger partial charge is 0.148 e. The van der Waals surface area contributed by atoms with E-state index >= 15 is 0 Å². The fraction of sp³-hybridized carbons (Fsp3) is 0.0465. The van der Waals surface area contributed by atoms with Gasteiger partial charge in [0.05, 0.1) is 8.07 Å². The monoisotopic (exact) mass is 844 g/mol. The first kappa shape index (κ1) is 32.0. The van der Waals surface area contributed by atoms with Gasteiger partial charge in [-0.1, -0.05) is 103 Å². The maximum atomic E-state index is 5.06. The number of hydrogen-bond donors (Lipinski definition) is 0. The van der Waals surface area contributed by atoms with Crippen LogP contribution >= 0.6 is 0 Å². The standard InChI is InChI=1S/C43H32N4OSi.Pt/c1-49(2,35-19-13-18-34(29-35)47-41-23-12-11-22-40(41)46(48-47)33-16-7-4-8-17-33)36-24-25-38-37-20-9-10-21-39(37)45(42(38)30-36)43-28-32(26-27-44-43)31-14-5-3-6-15-31;/h3-28H,1-2H3;/q-2;/p+1. The minimum absolute atomic E-state index is 0. The molecule has 0 spiro atoms. The fourth-order valence-corrected chi connectivity index (χ4v) is 9.06. The van der Waals surface area contributed by atoms with E-state index < -0.39 is 8.07 Å². The number of pyridine rings is 1. The predicted octanol–water partition coefficient (Wildman–Crippen LogP) is 9.40. The first-order chi connectivity index (χ1) is 24.1. The zero-order valence-electron chi connectivity index (χ0n) is 27.6. The fourth-order valence-electron chi connectivity index (χ4n) is 6.88. The van der Waals surface area contributed by atoms with Gasteiger partial charge in [-0.3, -0.25) is 0 Å². The molecular weight excluding hydrogens is 812 g/mol. The summed E-state index contributed by atoms with van der Waals surface area (Å²) in [5, 5.41) is 8.77. The van der Waals surface area contributed by atoms with Gasteiger partial charge in [-0.05, 0) is 59.0 Å². The maximum absolute atomic E-state index is 5.06. The molecule has 0 unspecified atom stereocenters. The van der Waals surface area contributed by atoms with Crippen molar-refractivity contribution in [2.75, 3.05) is 10.1 Å². The Hall–Kier alpha value is -5.26.